The standard InChI is InChI=1S/C21H27N9O/c1-26-8-11-28(12-9-26)20(31)16-4-5-18-24-25-19(30(18)14-16)17-15-29(13-10-27(17)2)21-22-6-3-7-23-21/h3-7,14,17H,8-13,15H2,1-2H3. The Labute approximate surface area is 181 Å². The first-order valence-electron chi connectivity index (χ1n) is 10.6. The van der Waals surface area contributed by atoms with Gasteiger partial charge in [0.25, 0.3) is 5.91 Å². The third-order valence-corrected chi connectivity index (χ3v) is 6.25. The summed E-state index contributed by atoms with van der Waals surface area (Å²) >= 11 is 0. The fraction of sp³-hybridized carbons (Fsp3) is 0.476. The second kappa shape index (κ2) is 8.20. The van der Waals surface area contributed by atoms with Crippen LogP contribution in [-0.4, -0.2) is 105 Å². The van der Waals surface area contributed by atoms with Gasteiger partial charge in [0.15, 0.2) is 11.5 Å². The van der Waals surface area contributed by atoms with Gasteiger partial charge in [-0.3, -0.25) is 14.1 Å². The van der Waals surface area contributed by atoms with Crippen molar-refractivity contribution in [3.8, 4) is 0 Å². The number of carbonyl (C=O) groups is 1. The Kier molecular flexibility index (Phi) is 5.24. The van der Waals surface area contributed by atoms with Gasteiger partial charge in [0.2, 0.25) is 5.95 Å². The molecule has 1 amide bonds. The van der Waals surface area contributed by atoms with Crippen LogP contribution in [0.1, 0.15) is 22.2 Å². The lowest BCUT2D eigenvalue weighted by Gasteiger charge is -2.38. The van der Waals surface area contributed by atoms with Gasteiger partial charge in [0, 0.05) is 64.4 Å². The molecule has 0 aromatic carbocycles. The van der Waals surface area contributed by atoms with Crippen LogP contribution in [0.15, 0.2) is 36.8 Å². The van der Waals surface area contributed by atoms with Crippen molar-refractivity contribution in [2.45, 2.75) is 6.04 Å². The van der Waals surface area contributed by atoms with E-state index in [4.69, 9.17) is 0 Å². The van der Waals surface area contributed by atoms with E-state index in [1.54, 1.807) is 12.4 Å². The molecule has 2 fully saturated rings. The van der Waals surface area contributed by atoms with E-state index in [1.807, 2.05) is 33.7 Å². The molecule has 5 heterocycles. The maximum atomic E-state index is 13.1. The molecule has 10 heteroatoms. The Balaban J connectivity index is 1.43. The Morgan fingerprint density at radius 2 is 1.74 bits per heavy atom. The fourth-order valence-corrected chi connectivity index (χ4v) is 4.24. The van der Waals surface area contributed by atoms with E-state index in [9.17, 15) is 4.79 Å². The minimum atomic E-state index is 0.0153. The molecular formula is C21H27N9O. The van der Waals surface area contributed by atoms with Crippen molar-refractivity contribution < 1.29 is 4.79 Å². The quantitative estimate of drug-likeness (QED) is 0.601. The van der Waals surface area contributed by atoms with Crippen molar-refractivity contribution in [3.05, 3.63) is 48.2 Å². The molecular weight excluding hydrogens is 394 g/mol. The van der Waals surface area contributed by atoms with Crippen LogP contribution in [0, 0.1) is 0 Å². The number of piperazine rings is 2. The molecule has 0 aliphatic carbocycles. The van der Waals surface area contributed by atoms with E-state index < -0.39 is 0 Å². The highest BCUT2D eigenvalue weighted by Gasteiger charge is 2.31. The van der Waals surface area contributed by atoms with Gasteiger partial charge in [0.05, 0.1) is 11.6 Å². The predicted molar refractivity (Wildman–Crippen MR) is 116 cm³/mol. The van der Waals surface area contributed by atoms with E-state index in [0.717, 1.165) is 56.7 Å². The van der Waals surface area contributed by atoms with Crippen molar-refractivity contribution >= 4 is 17.5 Å². The smallest absolute Gasteiger partial charge is 0.255 e. The maximum absolute atomic E-state index is 13.1. The molecule has 3 aromatic rings. The molecule has 10 nitrogen and oxygen atoms in total. The number of anilines is 1. The summed E-state index contributed by atoms with van der Waals surface area (Å²) in [7, 11) is 4.18. The summed E-state index contributed by atoms with van der Waals surface area (Å²) in [6, 6.07) is 5.56. The summed E-state index contributed by atoms with van der Waals surface area (Å²) in [4.78, 5) is 30.5. The maximum Gasteiger partial charge on any atom is 0.255 e. The van der Waals surface area contributed by atoms with Crippen LogP contribution in [0.2, 0.25) is 0 Å². The predicted octanol–water partition coefficient (Wildman–Crippen LogP) is 0.400. The van der Waals surface area contributed by atoms with Crippen LogP contribution in [-0.2, 0) is 0 Å². The van der Waals surface area contributed by atoms with Gasteiger partial charge >= 0.3 is 0 Å². The molecule has 3 aromatic heterocycles. The molecule has 0 radical (unpaired) electrons. The number of likely N-dealkylation sites (N-methyl/N-ethyl adjacent to an activating group) is 2. The van der Waals surface area contributed by atoms with Crippen molar-refractivity contribution in [1.29, 1.82) is 0 Å². The van der Waals surface area contributed by atoms with Crippen LogP contribution in [0.3, 0.4) is 0 Å². The van der Waals surface area contributed by atoms with Crippen LogP contribution in [0.5, 0.6) is 0 Å². The monoisotopic (exact) mass is 421 g/mol. The van der Waals surface area contributed by atoms with E-state index in [2.05, 4.69) is 49.0 Å². The molecule has 0 saturated carbocycles. The molecule has 0 spiro atoms. The van der Waals surface area contributed by atoms with Gasteiger partial charge in [-0.05, 0) is 32.3 Å². The third kappa shape index (κ3) is 3.84. The number of fused-ring (bicyclic) bond motifs is 1. The Morgan fingerprint density at radius 3 is 2.52 bits per heavy atom. The van der Waals surface area contributed by atoms with Gasteiger partial charge < -0.3 is 14.7 Å². The first kappa shape index (κ1) is 19.8. The molecule has 162 valence electrons. The topological polar surface area (TPSA) is 86.0 Å². The number of amides is 1. The fourth-order valence-electron chi connectivity index (χ4n) is 4.24. The van der Waals surface area contributed by atoms with Crippen molar-refractivity contribution in [3.63, 3.8) is 0 Å². The summed E-state index contributed by atoms with van der Waals surface area (Å²) in [6.07, 6.45) is 5.41. The first-order valence-corrected chi connectivity index (χ1v) is 10.6. The van der Waals surface area contributed by atoms with Gasteiger partial charge in [-0.25, -0.2) is 9.97 Å². The average molecular weight is 422 g/mol. The number of pyridine rings is 1. The molecule has 5 rings (SSSR count). The van der Waals surface area contributed by atoms with Gasteiger partial charge in [-0.2, -0.15) is 0 Å². The van der Waals surface area contributed by atoms with E-state index in [1.165, 1.54) is 0 Å². The van der Waals surface area contributed by atoms with Crippen LogP contribution < -0.4 is 4.90 Å². The van der Waals surface area contributed by atoms with Crippen molar-refractivity contribution in [2.75, 3.05) is 64.8 Å². The number of nitrogens with zero attached hydrogens (tertiary/aromatic N) is 9. The average Bonchev–Trinajstić information content (AvgIpc) is 3.23. The molecule has 1 atom stereocenters. The minimum absolute atomic E-state index is 0.0153. The van der Waals surface area contributed by atoms with Crippen molar-refractivity contribution in [2.24, 2.45) is 0 Å². The van der Waals surface area contributed by atoms with Gasteiger partial charge in [0.1, 0.15) is 0 Å². The zero-order chi connectivity index (χ0) is 21.4. The lowest BCUT2D eigenvalue weighted by atomic mass is 10.1. The van der Waals surface area contributed by atoms with Crippen LogP contribution >= 0.6 is 0 Å². The lowest BCUT2D eigenvalue weighted by molar-refractivity contribution is 0.0663. The van der Waals surface area contributed by atoms with Crippen LogP contribution in [0.25, 0.3) is 5.65 Å². The number of hydrogen-bond acceptors (Lipinski definition) is 8. The molecule has 1 unspecified atom stereocenters. The van der Waals surface area contributed by atoms with Gasteiger partial charge in [-0.1, -0.05) is 0 Å². The highest BCUT2D eigenvalue weighted by atomic mass is 16.2. The first-order chi connectivity index (χ1) is 15.1. The molecule has 0 N–H and O–H groups in total. The Bertz CT molecular complexity index is 1060. The van der Waals surface area contributed by atoms with E-state index in [-0.39, 0.29) is 11.9 Å². The molecule has 2 aliphatic heterocycles. The summed E-state index contributed by atoms with van der Waals surface area (Å²) in [5.74, 6) is 1.61. The summed E-state index contributed by atoms with van der Waals surface area (Å²) in [5, 5.41) is 8.85. The number of carbonyl (C=O) groups excluding carboxylic acids is 1. The zero-order valence-corrected chi connectivity index (χ0v) is 17.9. The van der Waals surface area contributed by atoms with Crippen LogP contribution in [0.4, 0.5) is 5.95 Å². The number of rotatable bonds is 3. The van der Waals surface area contributed by atoms with Gasteiger partial charge in [-0.15, -0.1) is 10.2 Å². The SMILES string of the molecule is CN1CCN(C(=O)c2ccc3nnc(C4CN(c5ncccn5)CCN4C)n3c2)CC1. The molecule has 2 saturated heterocycles. The minimum Gasteiger partial charge on any atom is -0.338 e. The lowest BCUT2D eigenvalue weighted by Crippen LogP contribution is -2.48. The summed E-state index contributed by atoms with van der Waals surface area (Å²) in [6.45, 7) is 5.71. The normalized spacial score (nSPS) is 21.0. The molecule has 0 bridgehead atoms. The summed E-state index contributed by atoms with van der Waals surface area (Å²) < 4.78 is 1.96. The summed E-state index contributed by atoms with van der Waals surface area (Å²) in [5.41, 5.74) is 1.41. The number of hydrogen-bond donors (Lipinski definition) is 0. The second-order valence-electron chi connectivity index (χ2n) is 8.29. The van der Waals surface area contributed by atoms with Crippen molar-refractivity contribution in [1.82, 2.24) is 39.3 Å². The third-order valence-electron chi connectivity index (χ3n) is 6.25. The highest BCUT2D eigenvalue weighted by Crippen LogP contribution is 2.25. The van der Waals surface area contributed by atoms with E-state index in [0.29, 0.717) is 12.1 Å². The molecule has 31 heavy (non-hydrogen) atoms. The Hall–Kier alpha value is -3.11. The highest BCUT2D eigenvalue weighted by molar-refractivity contribution is 5.94. The van der Waals surface area contributed by atoms with E-state index >= 15 is 0 Å². The second-order valence-corrected chi connectivity index (χ2v) is 8.29. The largest absolute Gasteiger partial charge is 0.338 e. The number of aromatic nitrogens is 5. The molecule has 2 aliphatic rings. The Morgan fingerprint density at radius 1 is 0.968 bits per heavy atom. The zero-order valence-electron chi connectivity index (χ0n) is 17.9.